The number of allylic oxidation sites excluding steroid dienone is 1. The first kappa shape index (κ1) is 11.9. The minimum atomic E-state index is 0.142. The van der Waals surface area contributed by atoms with Crippen molar-refractivity contribution >= 4 is 0 Å². The summed E-state index contributed by atoms with van der Waals surface area (Å²) < 4.78 is 0. The summed E-state index contributed by atoms with van der Waals surface area (Å²) in [5, 5.41) is 0. The van der Waals surface area contributed by atoms with E-state index in [-0.39, 0.29) is 6.04 Å². The lowest BCUT2D eigenvalue weighted by molar-refractivity contribution is 0.611. The van der Waals surface area contributed by atoms with E-state index in [4.69, 9.17) is 5.73 Å². The molecule has 1 atom stereocenters. The molecule has 0 aliphatic carbocycles. The van der Waals surface area contributed by atoms with E-state index < -0.39 is 0 Å². The van der Waals surface area contributed by atoms with Crippen molar-refractivity contribution in [2.45, 2.75) is 38.6 Å². The second-order valence-corrected chi connectivity index (χ2v) is 3.75. The van der Waals surface area contributed by atoms with Crippen LogP contribution in [0.4, 0.5) is 0 Å². The molecule has 82 valence electrons. The van der Waals surface area contributed by atoms with Gasteiger partial charge in [0.25, 0.3) is 0 Å². The summed E-state index contributed by atoms with van der Waals surface area (Å²) in [4.78, 5) is 4.12. The predicted octanol–water partition coefficient (Wildman–Crippen LogP) is 3.00. The Hall–Kier alpha value is -1.15. The van der Waals surface area contributed by atoms with Crippen LogP contribution in [0.1, 0.15) is 43.4 Å². The molecule has 0 amide bonds. The highest BCUT2D eigenvalue weighted by atomic mass is 14.7. The molecule has 0 bridgehead atoms. The third-order valence-corrected chi connectivity index (χ3v) is 2.65. The summed E-state index contributed by atoms with van der Waals surface area (Å²) in [6.07, 6.45) is 9.85. The average Bonchev–Trinajstić information content (AvgIpc) is 2.29. The van der Waals surface area contributed by atoms with E-state index in [1.54, 1.807) is 0 Å². The maximum atomic E-state index is 6.15. The van der Waals surface area contributed by atoms with Crippen LogP contribution in [0.25, 0.3) is 0 Å². The van der Waals surface area contributed by atoms with E-state index in [2.05, 4.69) is 18.5 Å². The minimum Gasteiger partial charge on any atom is -0.324 e. The molecule has 15 heavy (non-hydrogen) atoms. The molecule has 1 aromatic rings. The third kappa shape index (κ3) is 3.48. The van der Waals surface area contributed by atoms with E-state index in [0.717, 1.165) is 25.7 Å². The van der Waals surface area contributed by atoms with Crippen LogP contribution in [-0.4, -0.2) is 4.98 Å². The number of hydrogen-bond acceptors (Lipinski definition) is 2. The Bertz CT molecular complexity index is 307. The number of aryl methyl sites for hydroxylation is 1. The van der Waals surface area contributed by atoms with E-state index >= 15 is 0 Å². The Morgan fingerprint density at radius 2 is 2.40 bits per heavy atom. The Kier molecular flexibility index (Phi) is 5.05. The summed E-state index contributed by atoms with van der Waals surface area (Å²) >= 11 is 0. The SMILES string of the molecule is C=CCCCC(N)c1ccncc1CC. The largest absolute Gasteiger partial charge is 0.324 e. The summed E-state index contributed by atoms with van der Waals surface area (Å²) in [6.45, 7) is 5.85. The fourth-order valence-electron chi connectivity index (χ4n) is 1.73. The Labute approximate surface area is 92.2 Å². The number of nitrogens with zero attached hydrogens (tertiary/aromatic N) is 1. The quantitative estimate of drug-likeness (QED) is 0.571. The molecule has 2 heteroatoms. The normalized spacial score (nSPS) is 12.4. The van der Waals surface area contributed by atoms with Gasteiger partial charge in [0.15, 0.2) is 0 Å². The smallest absolute Gasteiger partial charge is 0.0303 e. The maximum Gasteiger partial charge on any atom is 0.0303 e. The Balaban J connectivity index is 2.63. The van der Waals surface area contributed by atoms with Gasteiger partial charge in [0.05, 0.1) is 0 Å². The third-order valence-electron chi connectivity index (χ3n) is 2.65. The van der Waals surface area contributed by atoms with Gasteiger partial charge in [-0.1, -0.05) is 13.0 Å². The molecule has 0 aliphatic rings. The van der Waals surface area contributed by atoms with E-state index in [0.29, 0.717) is 0 Å². The van der Waals surface area contributed by atoms with Crippen molar-refractivity contribution < 1.29 is 0 Å². The zero-order chi connectivity index (χ0) is 11.1. The fraction of sp³-hybridized carbons (Fsp3) is 0.462. The maximum absolute atomic E-state index is 6.15. The number of rotatable bonds is 6. The lowest BCUT2D eigenvalue weighted by Gasteiger charge is -2.14. The lowest BCUT2D eigenvalue weighted by atomic mass is 9.97. The van der Waals surface area contributed by atoms with Gasteiger partial charge in [-0.15, -0.1) is 6.58 Å². The second-order valence-electron chi connectivity index (χ2n) is 3.75. The van der Waals surface area contributed by atoms with Gasteiger partial charge in [0.2, 0.25) is 0 Å². The van der Waals surface area contributed by atoms with Gasteiger partial charge in [-0.05, 0) is 42.9 Å². The Morgan fingerprint density at radius 1 is 1.60 bits per heavy atom. The van der Waals surface area contributed by atoms with Crippen LogP contribution >= 0.6 is 0 Å². The molecule has 0 fully saturated rings. The number of pyridine rings is 1. The van der Waals surface area contributed by atoms with Crippen LogP contribution in [0.5, 0.6) is 0 Å². The molecular formula is C13H20N2. The molecule has 2 nitrogen and oxygen atoms in total. The van der Waals surface area contributed by atoms with Gasteiger partial charge in [0, 0.05) is 18.4 Å². The fourth-order valence-corrected chi connectivity index (χ4v) is 1.73. The molecule has 0 radical (unpaired) electrons. The van der Waals surface area contributed by atoms with Crippen LogP contribution in [-0.2, 0) is 6.42 Å². The number of aromatic nitrogens is 1. The van der Waals surface area contributed by atoms with Crippen LogP contribution < -0.4 is 5.73 Å². The van der Waals surface area contributed by atoms with Crippen LogP contribution in [0.15, 0.2) is 31.1 Å². The van der Waals surface area contributed by atoms with Crippen LogP contribution in [0, 0.1) is 0 Å². The van der Waals surface area contributed by atoms with Crippen molar-refractivity contribution in [1.29, 1.82) is 0 Å². The topological polar surface area (TPSA) is 38.9 Å². The molecule has 1 aromatic heterocycles. The van der Waals surface area contributed by atoms with Crippen molar-refractivity contribution in [3.8, 4) is 0 Å². The molecule has 1 rings (SSSR count). The van der Waals surface area contributed by atoms with Gasteiger partial charge < -0.3 is 5.73 Å². The zero-order valence-electron chi connectivity index (χ0n) is 9.45. The average molecular weight is 204 g/mol. The lowest BCUT2D eigenvalue weighted by Crippen LogP contribution is -2.12. The minimum absolute atomic E-state index is 0.142. The molecule has 2 N–H and O–H groups in total. The molecule has 0 aromatic carbocycles. The summed E-state index contributed by atoms with van der Waals surface area (Å²) in [7, 11) is 0. The van der Waals surface area contributed by atoms with E-state index in [9.17, 15) is 0 Å². The Morgan fingerprint density at radius 3 is 3.07 bits per heavy atom. The molecule has 1 heterocycles. The monoisotopic (exact) mass is 204 g/mol. The van der Waals surface area contributed by atoms with Crippen molar-refractivity contribution in [3.63, 3.8) is 0 Å². The summed E-state index contributed by atoms with van der Waals surface area (Å²) in [5.41, 5.74) is 8.66. The van der Waals surface area contributed by atoms with E-state index in [1.807, 2.05) is 24.5 Å². The highest BCUT2D eigenvalue weighted by Gasteiger charge is 2.08. The number of unbranched alkanes of at least 4 members (excludes halogenated alkanes) is 1. The molecule has 0 saturated carbocycles. The van der Waals surface area contributed by atoms with Gasteiger partial charge in [-0.3, -0.25) is 4.98 Å². The predicted molar refractivity (Wildman–Crippen MR) is 64.6 cm³/mol. The zero-order valence-corrected chi connectivity index (χ0v) is 9.45. The highest BCUT2D eigenvalue weighted by Crippen LogP contribution is 2.20. The van der Waals surface area contributed by atoms with Crippen molar-refractivity contribution in [3.05, 3.63) is 42.2 Å². The first-order chi connectivity index (χ1) is 7.29. The second kappa shape index (κ2) is 6.36. The summed E-state index contributed by atoms with van der Waals surface area (Å²) in [5.74, 6) is 0. The highest BCUT2D eigenvalue weighted by molar-refractivity contribution is 5.26. The van der Waals surface area contributed by atoms with Crippen molar-refractivity contribution in [1.82, 2.24) is 4.98 Å². The molecule has 1 unspecified atom stereocenters. The van der Waals surface area contributed by atoms with Gasteiger partial charge >= 0.3 is 0 Å². The number of nitrogens with two attached hydrogens (primary N) is 1. The van der Waals surface area contributed by atoms with Crippen molar-refractivity contribution in [2.24, 2.45) is 5.73 Å². The standard InChI is InChI=1S/C13H20N2/c1-3-5-6-7-13(14)12-8-9-15-10-11(12)4-2/h3,8-10,13H,1,4-7,14H2,2H3. The molecule has 0 saturated heterocycles. The van der Waals surface area contributed by atoms with Gasteiger partial charge in [-0.25, -0.2) is 0 Å². The van der Waals surface area contributed by atoms with Crippen LogP contribution in [0.2, 0.25) is 0 Å². The summed E-state index contributed by atoms with van der Waals surface area (Å²) in [6, 6.07) is 2.18. The molecular weight excluding hydrogens is 184 g/mol. The van der Waals surface area contributed by atoms with Gasteiger partial charge in [0.1, 0.15) is 0 Å². The van der Waals surface area contributed by atoms with Crippen LogP contribution in [0.3, 0.4) is 0 Å². The number of hydrogen-bond donors (Lipinski definition) is 1. The first-order valence-corrected chi connectivity index (χ1v) is 5.58. The first-order valence-electron chi connectivity index (χ1n) is 5.58. The van der Waals surface area contributed by atoms with E-state index in [1.165, 1.54) is 11.1 Å². The molecule has 0 aliphatic heterocycles. The van der Waals surface area contributed by atoms with Gasteiger partial charge in [-0.2, -0.15) is 0 Å². The molecule has 0 spiro atoms. The van der Waals surface area contributed by atoms with Crippen molar-refractivity contribution in [2.75, 3.05) is 0 Å².